The molecule has 0 aliphatic carbocycles. The molecule has 0 spiro atoms. The number of sulfonamides is 1. The first-order valence-electron chi connectivity index (χ1n) is 21.0. The minimum Gasteiger partial charge on any atom is -0.487 e. The lowest BCUT2D eigenvalue weighted by molar-refractivity contribution is -0.137. The standard InChI is InChI=1S/C45H66N8O8S/c1-12-15-24-47-41(57)35(31-20-17-16-18-21-31)51-39(55)33(14-3)49-40(56)34(50-42(58)45(11,23-13-2)52-38(54)27(4)5)22-19-25-48-43(46)53-62(59,60)37-29(7)28(6)36-32(30(37)8)26-44(9,10)61-36/h12-13,16-18,20-21,27,33-35H,1-2,14-15,19,22-26H2,3-11H3,(H,47,57)(H,49,56)(H,50,58)(H,51,55)(H,52,54)(H3,46,48,53)/t33-,34-,35+,45+/m0/s1. The number of fused-ring (bicyclic) bond motifs is 1. The van der Waals surface area contributed by atoms with Crippen LogP contribution >= 0.6 is 0 Å². The number of hydrogen-bond acceptors (Lipinski definition) is 9. The molecule has 1 heterocycles. The number of ether oxygens (including phenoxy) is 1. The molecular weight excluding hydrogens is 813 g/mol. The second-order valence-corrected chi connectivity index (χ2v) is 18.4. The Labute approximate surface area is 366 Å². The van der Waals surface area contributed by atoms with Gasteiger partial charge in [-0.05, 0) is 95.9 Å². The molecule has 8 N–H and O–H groups in total. The van der Waals surface area contributed by atoms with Gasteiger partial charge in [0.2, 0.25) is 35.5 Å². The van der Waals surface area contributed by atoms with Crippen LogP contribution in [-0.4, -0.2) is 80.2 Å². The quantitative estimate of drug-likeness (QED) is 0.0370. The molecule has 3 rings (SSSR count). The predicted molar refractivity (Wildman–Crippen MR) is 240 cm³/mol. The van der Waals surface area contributed by atoms with E-state index in [9.17, 15) is 32.4 Å². The van der Waals surface area contributed by atoms with Gasteiger partial charge in [-0.2, -0.15) is 0 Å². The SMILES string of the molecule is C=CCCNC(=O)[C@H](NC(=O)[C@H](CC)NC(=O)[C@H](CCCNC(=N)NS(=O)(=O)c1c(C)c(C)c2c(c1C)CC(C)(C)O2)NC(=O)[C@@](C)(CC=C)NC(=O)C(C)C)c1ccccc1. The van der Waals surface area contributed by atoms with Crippen LogP contribution in [0.25, 0.3) is 0 Å². The van der Waals surface area contributed by atoms with Gasteiger partial charge in [0.05, 0.1) is 4.90 Å². The number of hydrogen-bond donors (Lipinski definition) is 8. The monoisotopic (exact) mass is 878 g/mol. The third kappa shape index (κ3) is 13.1. The van der Waals surface area contributed by atoms with Crippen molar-refractivity contribution in [1.29, 1.82) is 5.41 Å². The molecule has 2 aromatic carbocycles. The van der Waals surface area contributed by atoms with Crippen LogP contribution in [-0.2, 0) is 40.4 Å². The Morgan fingerprint density at radius 3 is 2.11 bits per heavy atom. The number of carbonyl (C=O) groups is 5. The van der Waals surface area contributed by atoms with E-state index in [0.717, 1.165) is 5.56 Å². The van der Waals surface area contributed by atoms with E-state index in [4.69, 9.17) is 10.1 Å². The van der Waals surface area contributed by atoms with Crippen LogP contribution in [0.5, 0.6) is 5.75 Å². The molecule has 2 aromatic rings. The van der Waals surface area contributed by atoms with Gasteiger partial charge in [0.25, 0.3) is 10.0 Å². The molecule has 1 aliphatic rings. The summed E-state index contributed by atoms with van der Waals surface area (Å²) in [5, 5.41) is 25.0. The zero-order valence-corrected chi connectivity index (χ0v) is 38.4. The highest BCUT2D eigenvalue weighted by Crippen LogP contribution is 2.43. The summed E-state index contributed by atoms with van der Waals surface area (Å²) < 4.78 is 35.9. The summed E-state index contributed by atoms with van der Waals surface area (Å²) in [4.78, 5) is 67.8. The minimum atomic E-state index is -4.21. The maximum absolute atomic E-state index is 14.1. The number of rotatable bonds is 22. The summed E-state index contributed by atoms with van der Waals surface area (Å²) >= 11 is 0. The van der Waals surface area contributed by atoms with Gasteiger partial charge in [-0.15, -0.1) is 13.2 Å². The van der Waals surface area contributed by atoms with Crippen molar-refractivity contribution in [3.8, 4) is 5.75 Å². The molecule has 0 fully saturated rings. The predicted octanol–water partition coefficient (Wildman–Crippen LogP) is 3.94. The topological polar surface area (TPSA) is 237 Å². The van der Waals surface area contributed by atoms with Crippen molar-refractivity contribution >= 4 is 45.5 Å². The Morgan fingerprint density at radius 1 is 0.871 bits per heavy atom. The van der Waals surface area contributed by atoms with Gasteiger partial charge >= 0.3 is 0 Å². The number of carbonyl (C=O) groups excluding carboxylic acids is 5. The molecule has 0 saturated heterocycles. The number of nitrogens with one attached hydrogen (secondary N) is 8. The molecule has 0 bridgehead atoms. The van der Waals surface area contributed by atoms with E-state index in [1.54, 1.807) is 71.0 Å². The van der Waals surface area contributed by atoms with E-state index in [1.807, 2.05) is 20.8 Å². The molecule has 1 aliphatic heterocycles. The summed E-state index contributed by atoms with van der Waals surface area (Å²) in [6.07, 6.45) is 4.46. The first kappa shape index (κ1) is 50.6. The van der Waals surface area contributed by atoms with E-state index in [1.165, 1.54) is 13.0 Å². The van der Waals surface area contributed by atoms with Crippen LogP contribution in [0.3, 0.4) is 0 Å². The fourth-order valence-electron chi connectivity index (χ4n) is 7.09. The summed E-state index contributed by atoms with van der Waals surface area (Å²) in [6, 6.07) is 5.20. The average Bonchev–Trinajstić information content (AvgIpc) is 3.54. The van der Waals surface area contributed by atoms with Crippen molar-refractivity contribution < 1.29 is 37.1 Å². The van der Waals surface area contributed by atoms with Gasteiger partial charge in [-0.25, -0.2) is 13.1 Å². The molecule has 340 valence electrons. The third-order valence-electron chi connectivity index (χ3n) is 10.7. The molecule has 0 radical (unpaired) electrons. The molecule has 0 unspecified atom stereocenters. The third-order valence-corrected chi connectivity index (χ3v) is 12.4. The molecule has 0 saturated carbocycles. The van der Waals surface area contributed by atoms with Crippen molar-refractivity contribution in [3.63, 3.8) is 0 Å². The first-order valence-corrected chi connectivity index (χ1v) is 22.5. The molecule has 4 atom stereocenters. The summed E-state index contributed by atoms with van der Waals surface area (Å²) in [6.45, 7) is 23.4. The molecule has 62 heavy (non-hydrogen) atoms. The second-order valence-electron chi connectivity index (χ2n) is 16.8. The zero-order chi connectivity index (χ0) is 46.6. The lowest BCUT2D eigenvalue weighted by atomic mass is 9.94. The van der Waals surface area contributed by atoms with Gasteiger partial charge in [0.15, 0.2) is 0 Å². The van der Waals surface area contributed by atoms with Gasteiger partial charge in [0.1, 0.15) is 35.0 Å². The summed E-state index contributed by atoms with van der Waals surface area (Å²) in [5.41, 5.74) is 1.12. The summed E-state index contributed by atoms with van der Waals surface area (Å²) in [7, 11) is -4.21. The van der Waals surface area contributed by atoms with Crippen molar-refractivity contribution in [3.05, 3.63) is 83.5 Å². The Morgan fingerprint density at radius 2 is 1.52 bits per heavy atom. The minimum absolute atomic E-state index is 0.00956. The highest BCUT2D eigenvalue weighted by Gasteiger charge is 2.39. The number of guanidine groups is 1. The Bertz CT molecular complexity index is 2120. The largest absolute Gasteiger partial charge is 0.487 e. The van der Waals surface area contributed by atoms with Crippen LogP contribution in [0, 0.1) is 32.1 Å². The van der Waals surface area contributed by atoms with Crippen LogP contribution in [0.15, 0.2) is 60.5 Å². The van der Waals surface area contributed by atoms with E-state index >= 15 is 0 Å². The molecule has 0 aromatic heterocycles. The Kier molecular flexibility index (Phi) is 17.9. The zero-order valence-electron chi connectivity index (χ0n) is 37.6. The van der Waals surface area contributed by atoms with Gasteiger partial charge < -0.3 is 36.6 Å². The van der Waals surface area contributed by atoms with Gasteiger partial charge in [-0.3, -0.25) is 29.4 Å². The summed E-state index contributed by atoms with van der Waals surface area (Å²) in [5.74, 6) is -3.14. The fraction of sp³-hybridized carbons (Fsp3) is 0.511. The maximum atomic E-state index is 14.1. The second kappa shape index (κ2) is 21.9. The molecule has 5 amide bonds. The van der Waals surface area contributed by atoms with Crippen LogP contribution < -0.4 is 41.4 Å². The average molecular weight is 879 g/mol. The van der Waals surface area contributed by atoms with E-state index < -0.39 is 80.7 Å². The van der Waals surface area contributed by atoms with E-state index in [-0.39, 0.29) is 37.1 Å². The van der Waals surface area contributed by atoms with Crippen LogP contribution in [0.4, 0.5) is 0 Å². The normalized spacial score (nSPS) is 15.3. The van der Waals surface area contributed by atoms with Crippen molar-refractivity contribution in [2.45, 2.75) is 135 Å². The van der Waals surface area contributed by atoms with Gasteiger partial charge in [0, 0.05) is 31.0 Å². The number of amides is 5. The highest BCUT2D eigenvalue weighted by molar-refractivity contribution is 7.90. The first-order chi connectivity index (χ1) is 29.0. The maximum Gasteiger partial charge on any atom is 0.264 e. The fourth-order valence-corrected chi connectivity index (χ4v) is 8.62. The Balaban J connectivity index is 1.81. The number of benzene rings is 2. The molecule has 16 nitrogen and oxygen atoms in total. The highest BCUT2D eigenvalue weighted by atomic mass is 32.2. The van der Waals surface area contributed by atoms with Crippen LogP contribution in [0.1, 0.15) is 108 Å². The van der Waals surface area contributed by atoms with Crippen molar-refractivity contribution in [2.75, 3.05) is 13.1 Å². The van der Waals surface area contributed by atoms with Crippen molar-refractivity contribution in [2.24, 2.45) is 5.92 Å². The Hall–Kier alpha value is -5.71. The van der Waals surface area contributed by atoms with Crippen LogP contribution in [0.2, 0.25) is 0 Å². The van der Waals surface area contributed by atoms with Crippen molar-refractivity contribution in [1.82, 2.24) is 36.6 Å². The lowest BCUT2D eigenvalue weighted by Gasteiger charge is -2.32. The smallest absolute Gasteiger partial charge is 0.264 e. The van der Waals surface area contributed by atoms with E-state index in [0.29, 0.717) is 47.4 Å². The van der Waals surface area contributed by atoms with Gasteiger partial charge in [-0.1, -0.05) is 63.3 Å². The lowest BCUT2D eigenvalue weighted by Crippen LogP contribution is -2.61. The molecular formula is C45H66N8O8S. The molecule has 17 heteroatoms. The van der Waals surface area contributed by atoms with E-state index in [2.05, 4.69) is 49.8 Å².